The van der Waals surface area contributed by atoms with Crippen LogP contribution in [0, 0.1) is 0 Å². The minimum absolute atomic E-state index is 0. The van der Waals surface area contributed by atoms with Crippen LogP contribution in [0.3, 0.4) is 0 Å². The Labute approximate surface area is 156 Å². The highest BCUT2D eigenvalue weighted by molar-refractivity contribution is 14.0. The van der Waals surface area contributed by atoms with Crippen LogP contribution in [0.1, 0.15) is 0 Å². The fraction of sp³-hybridized carbons (Fsp3) is 0.562. The number of halogens is 1. The lowest BCUT2D eigenvalue weighted by Gasteiger charge is -2.22. The van der Waals surface area contributed by atoms with Crippen molar-refractivity contribution in [2.45, 2.75) is 0 Å². The number of methoxy groups -OCH3 is 1. The van der Waals surface area contributed by atoms with Crippen molar-refractivity contribution in [2.75, 3.05) is 60.7 Å². The van der Waals surface area contributed by atoms with Crippen LogP contribution in [0.2, 0.25) is 0 Å². The summed E-state index contributed by atoms with van der Waals surface area (Å²) in [6.45, 7) is 3.91. The number of benzene rings is 1. The van der Waals surface area contributed by atoms with Crippen molar-refractivity contribution in [3.8, 4) is 5.75 Å². The van der Waals surface area contributed by atoms with E-state index < -0.39 is 0 Å². The van der Waals surface area contributed by atoms with Gasteiger partial charge >= 0.3 is 0 Å². The summed E-state index contributed by atoms with van der Waals surface area (Å²) in [5, 5.41) is 3.25. The summed E-state index contributed by atoms with van der Waals surface area (Å²) in [7, 11) is 5.41. The van der Waals surface area contributed by atoms with Gasteiger partial charge in [0.2, 0.25) is 0 Å². The van der Waals surface area contributed by atoms with Gasteiger partial charge in [0.05, 0.1) is 26.4 Å². The molecule has 0 aliphatic heterocycles. The summed E-state index contributed by atoms with van der Waals surface area (Å²) in [4.78, 5) is 6.27. The van der Waals surface area contributed by atoms with Gasteiger partial charge in [-0.05, 0) is 12.1 Å². The molecule has 0 aliphatic rings. The van der Waals surface area contributed by atoms with Crippen molar-refractivity contribution in [3.63, 3.8) is 0 Å². The van der Waals surface area contributed by atoms with Gasteiger partial charge in [-0.3, -0.25) is 4.99 Å². The lowest BCUT2D eigenvalue weighted by atomic mass is 10.3. The fourth-order valence-electron chi connectivity index (χ4n) is 1.79. The zero-order chi connectivity index (χ0) is 16.0. The van der Waals surface area contributed by atoms with Crippen molar-refractivity contribution in [1.29, 1.82) is 0 Å². The van der Waals surface area contributed by atoms with E-state index >= 15 is 0 Å². The van der Waals surface area contributed by atoms with Gasteiger partial charge in [0.15, 0.2) is 5.96 Å². The first kappa shape index (κ1) is 21.9. The van der Waals surface area contributed by atoms with E-state index in [4.69, 9.17) is 14.2 Å². The average molecular weight is 437 g/mol. The van der Waals surface area contributed by atoms with Crippen LogP contribution in [0.5, 0.6) is 5.75 Å². The molecule has 1 N–H and O–H groups in total. The highest BCUT2D eigenvalue weighted by Gasteiger charge is 2.05. The van der Waals surface area contributed by atoms with Crippen LogP contribution in [0.4, 0.5) is 0 Å². The summed E-state index contributed by atoms with van der Waals surface area (Å²) in [6, 6.07) is 9.79. The summed E-state index contributed by atoms with van der Waals surface area (Å²) >= 11 is 0. The summed E-state index contributed by atoms with van der Waals surface area (Å²) in [6.07, 6.45) is 0. The number of hydrogen-bond acceptors (Lipinski definition) is 4. The smallest absolute Gasteiger partial charge is 0.193 e. The molecule has 1 aromatic carbocycles. The molecular formula is C16H28IN3O3. The second kappa shape index (κ2) is 14.5. The van der Waals surface area contributed by atoms with Gasteiger partial charge in [0.1, 0.15) is 12.4 Å². The van der Waals surface area contributed by atoms with Crippen molar-refractivity contribution in [2.24, 2.45) is 4.99 Å². The second-order valence-corrected chi connectivity index (χ2v) is 4.66. The monoisotopic (exact) mass is 437 g/mol. The number of hydrogen-bond donors (Lipinski definition) is 1. The molecule has 1 aromatic rings. The van der Waals surface area contributed by atoms with Crippen molar-refractivity contribution in [1.82, 2.24) is 10.2 Å². The Hall–Kier alpha value is -1.06. The number of ether oxygens (including phenoxy) is 3. The van der Waals surface area contributed by atoms with Crippen molar-refractivity contribution >= 4 is 29.9 Å². The number of nitrogens with zero attached hydrogens (tertiary/aromatic N) is 2. The second-order valence-electron chi connectivity index (χ2n) is 4.66. The molecule has 0 unspecified atom stereocenters. The van der Waals surface area contributed by atoms with Gasteiger partial charge in [-0.15, -0.1) is 24.0 Å². The predicted molar refractivity (Wildman–Crippen MR) is 104 cm³/mol. The summed E-state index contributed by atoms with van der Waals surface area (Å²) in [5.74, 6) is 1.71. The van der Waals surface area contributed by atoms with E-state index in [0.29, 0.717) is 33.0 Å². The normalized spacial score (nSPS) is 10.8. The third-order valence-electron chi connectivity index (χ3n) is 2.97. The molecule has 0 aromatic heterocycles. The molecule has 6 nitrogen and oxygen atoms in total. The zero-order valence-electron chi connectivity index (χ0n) is 14.2. The molecule has 0 heterocycles. The Bertz CT molecular complexity index is 418. The van der Waals surface area contributed by atoms with Crippen LogP contribution in [-0.2, 0) is 9.47 Å². The number of rotatable bonds is 10. The third-order valence-corrected chi connectivity index (χ3v) is 2.97. The SMILES string of the molecule is CN=C(NCCOCCOC)N(C)CCOc1ccccc1.I. The van der Waals surface area contributed by atoms with Gasteiger partial charge in [-0.2, -0.15) is 0 Å². The maximum atomic E-state index is 5.68. The van der Waals surface area contributed by atoms with Crippen LogP contribution in [0.15, 0.2) is 35.3 Å². The van der Waals surface area contributed by atoms with E-state index in [2.05, 4.69) is 10.3 Å². The van der Waals surface area contributed by atoms with E-state index in [1.807, 2.05) is 42.3 Å². The van der Waals surface area contributed by atoms with E-state index in [0.717, 1.165) is 18.3 Å². The lowest BCUT2D eigenvalue weighted by Crippen LogP contribution is -2.42. The number of guanidine groups is 1. The van der Waals surface area contributed by atoms with Gasteiger partial charge in [-0.25, -0.2) is 0 Å². The lowest BCUT2D eigenvalue weighted by molar-refractivity contribution is 0.0731. The molecule has 0 saturated carbocycles. The first-order valence-corrected chi connectivity index (χ1v) is 7.44. The average Bonchev–Trinajstić information content (AvgIpc) is 2.55. The minimum Gasteiger partial charge on any atom is -0.492 e. The molecule has 0 fully saturated rings. The Morgan fingerprint density at radius 1 is 1.13 bits per heavy atom. The highest BCUT2D eigenvalue weighted by Crippen LogP contribution is 2.07. The van der Waals surface area contributed by atoms with Crippen LogP contribution in [-0.4, -0.2) is 71.6 Å². The van der Waals surface area contributed by atoms with Crippen molar-refractivity contribution in [3.05, 3.63) is 30.3 Å². The highest BCUT2D eigenvalue weighted by atomic mass is 127. The standard InChI is InChI=1S/C16H27N3O3.HI/c1-17-16(18-9-11-21-14-13-20-3)19(2)10-12-22-15-7-5-4-6-8-15;/h4-8H,9-14H2,1-3H3,(H,17,18);1H. The maximum Gasteiger partial charge on any atom is 0.193 e. The maximum absolute atomic E-state index is 5.68. The van der Waals surface area contributed by atoms with E-state index in [1.54, 1.807) is 14.2 Å². The third kappa shape index (κ3) is 10.4. The van der Waals surface area contributed by atoms with E-state index in [-0.39, 0.29) is 24.0 Å². The summed E-state index contributed by atoms with van der Waals surface area (Å²) < 4.78 is 16.0. The largest absolute Gasteiger partial charge is 0.492 e. The van der Waals surface area contributed by atoms with Gasteiger partial charge in [0, 0.05) is 27.7 Å². The minimum atomic E-state index is 0. The van der Waals surface area contributed by atoms with Gasteiger partial charge in [0.25, 0.3) is 0 Å². The molecule has 7 heteroatoms. The molecular weight excluding hydrogens is 409 g/mol. The molecule has 0 aliphatic carbocycles. The Morgan fingerprint density at radius 3 is 2.52 bits per heavy atom. The van der Waals surface area contributed by atoms with E-state index in [9.17, 15) is 0 Å². The van der Waals surface area contributed by atoms with E-state index in [1.165, 1.54) is 0 Å². The molecule has 132 valence electrons. The van der Waals surface area contributed by atoms with Crippen LogP contribution >= 0.6 is 24.0 Å². The fourth-order valence-corrected chi connectivity index (χ4v) is 1.79. The van der Waals surface area contributed by atoms with Gasteiger partial charge < -0.3 is 24.4 Å². The van der Waals surface area contributed by atoms with Crippen LogP contribution in [0.25, 0.3) is 0 Å². The molecule has 0 amide bonds. The quantitative estimate of drug-likeness (QED) is 0.262. The Morgan fingerprint density at radius 2 is 1.87 bits per heavy atom. The Balaban J connectivity index is 0.00000484. The Kier molecular flexibility index (Phi) is 13.9. The number of likely N-dealkylation sites (N-methyl/N-ethyl adjacent to an activating group) is 1. The molecule has 0 saturated heterocycles. The first-order chi connectivity index (χ1) is 10.8. The molecule has 0 radical (unpaired) electrons. The predicted octanol–water partition coefficient (Wildman–Crippen LogP) is 1.85. The topological polar surface area (TPSA) is 55.3 Å². The van der Waals surface area contributed by atoms with Gasteiger partial charge in [-0.1, -0.05) is 18.2 Å². The number of para-hydroxylation sites is 1. The zero-order valence-corrected chi connectivity index (χ0v) is 16.5. The molecule has 0 spiro atoms. The number of aliphatic imine (C=N–C) groups is 1. The number of nitrogens with one attached hydrogen (secondary N) is 1. The molecule has 0 bridgehead atoms. The van der Waals surface area contributed by atoms with Crippen LogP contribution < -0.4 is 10.1 Å². The molecule has 23 heavy (non-hydrogen) atoms. The molecule has 1 rings (SSSR count). The summed E-state index contributed by atoms with van der Waals surface area (Å²) in [5.41, 5.74) is 0. The molecule has 0 atom stereocenters. The van der Waals surface area contributed by atoms with Crippen molar-refractivity contribution < 1.29 is 14.2 Å². The first-order valence-electron chi connectivity index (χ1n) is 7.44.